The van der Waals surface area contributed by atoms with E-state index in [1.807, 2.05) is 25.0 Å². The quantitative estimate of drug-likeness (QED) is 0.566. The van der Waals surface area contributed by atoms with Gasteiger partial charge in [0.1, 0.15) is 0 Å². The van der Waals surface area contributed by atoms with Crippen molar-refractivity contribution in [3.05, 3.63) is 29.3 Å². The van der Waals surface area contributed by atoms with Crippen LogP contribution in [0.5, 0.6) is 5.75 Å². The maximum atomic E-state index is 5.09. The Morgan fingerprint density at radius 2 is 2.09 bits per heavy atom. The van der Waals surface area contributed by atoms with E-state index in [9.17, 15) is 0 Å². The maximum absolute atomic E-state index is 5.09. The molecular weight excluding hydrogens is 135 g/mol. The summed E-state index contributed by atoms with van der Waals surface area (Å²) in [7, 11) is 5.36. The molecular formula is C9H11BO. The number of hydrogen-bond acceptors (Lipinski definition) is 1. The molecule has 0 bridgehead atoms. The molecule has 0 aliphatic heterocycles. The molecule has 0 aliphatic rings. The second-order valence-electron chi connectivity index (χ2n) is 2.49. The van der Waals surface area contributed by atoms with Crippen molar-refractivity contribution in [2.24, 2.45) is 0 Å². The Kier molecular flexibility index (Phi) is 2.47. The van der Waals surface area contributed by atoms with Crippen molar-refractivity contribution in [1.29, 1.82) is 0 Å². The van der Waals surface area contributed by atoms with Crippen LogP contribution in [-0.2, 0) is 0 Å². The molecule has 0 saturated carbocycles. The summed E-state index contributed by atoms with van der Waals surface area (Å²) in [5.74, 6) is 2.70. The SMILES string of the molecule is B=Cc1cc(C)cc(OC)c1. The normalized spacial score (nSPS) is 9.18. The van der Waals surface area contributed by atoms with E-state index < -0.39 is 0 Å². The van der Waals surface area contributed by atoms with E-state index in [4.69, 9.17) is 4.74 Å². The van der Waals surface area contributed by atoms with E-state index in [0.29, 0.717) is 0 Å². The van der Waals surface area contributed by atoms with Gasteiger partial charge in [-0.05, 0) is 0 Å². The summed E-state index contributed by atoms with van der Waals surface area (Å²) in [6.45, 7) is 2.04. The molecule has 1 aromatic rings. The predicted molar refractivity (Wildman–Crippen MR) is 50.0 cm³/mol. The molecule has 0 radical (unpaired) electrons. The zero-order chi connectivity index (χ0) is 8.27. The third-order valence-electron chi connectivity index (χ3n) is 1.54. The van der Waals surface area contributed by atoms with Crippen LogP contribution >= 0.6 is 0 Å². The summed E-state index contributed by atoms with van der Waals surface area (Å²) in [6, 6.07) is 6.02. The molecule has 0 amide bonds. The average Bonchev–Trinajstić information content (AvgIpc) is 2.03. The van der Waals surface area contributed by atoms with Gasteiger partial charge in [0.25, 0.3) is 0 Å². The van der Waals surface area contributed by atoms with E-state index in [2.05, 4.69) is 13.6 Å². The van der Waals surface area contributed by atoms with Crippen LogP contribution in [0.15, 0.2) is 18.2 Å². The minimum atomic E-state index is 0.889. The Morgan fingerprint density at radius 1 is 1.36 bits per heavy atom. The summed E-state index contributed by atoms with van der Waals surface area (Å²) < 4.78 is 5.09. The molecule has 1 rings (SSSR count). The minimum absolute atomic E-state index is 0.889. The molecule has 0 aromatic heterocycles. The Hall–Kier alpha value is -1.05. The first-order chi connectivity index (χ1) is 5.26. The first kappa shape index (κ1) is 8.06. The number of rotatable bonds is 2. The Balaban J connectivity index is 3.11. The summed E-state index contributed by atoms with van der Waals surface area (Å²) in [5.41, 5.74) is 2.29. The van der Waals surface area contributed by atoms with Crippen LogP contribution in [0.3, 0.4) is 0 Å². The van der Waals surface area contributed by atoms with Gasteiger partial charge >= 0.3 is 67.3 Å². The van der Waals surface area contributed by atoms with E-state index in [0.717, 1.165) is 11.3 Å². The van der Waals surface area contributed by atoms with Crippen LogP contribution < -0.4 is 4.74 Å². The van der Waals surface area contributed by atoms with Gasteiger partial charge in [-0.1, -0.05) is 0 Å². The Labute approximate surface area is 68.1 Å². The van der Waals surface area contributed by atoms with Gasteiger partial charge in [0.2, 0.25) is 0 Å². The Bertz CT molecular complexity index is 268. The molecule has 2 heteroatoms. The number of hydrogen-bond donors (Lipinski definition) is 0. The molecule has 0 aliphatic carbocycles. The van der Waals surface area contributed by atoms with Gasteiger partial charge in [-0.15, -0.1) is 0 Å². The molecule has 0 unspecified atom stereocenters. The van der Waals surface area contributed by atoms with Gasteiger partial charge in [-0.3, -0.25) is 0 Å². The monoisotopic (exact) mass is 146 g/mol. The van der Waals surface area contributed by atoms with Crippen molar-refractivity contribution >= 4 is 13.5 Å². The summed E-state index contributed by atoms with van der Waals surface area (Å²) in [4.78, 5) is 0. The van der Waals surface area contributed by atoms with Gasteiger partial charge in [0, 0.05) is 0 Å². The number of benzene rings is 1. The fourth-order valence-corrected chi connectivity index (χ4v) is 1.01. The Morgan fingerprint density at radius 3 is 2.64 bits per heavy atom. The van der Waals surface area contributed by atoms with Crippen molar-refractivity contribution < 1.29 is 4.74 Å². The zero-order valence-electron chi connectivity index (χ0n) is 6.92. The molecule has 1 nitrogen and oxygen atoms in total. The van der Waals surface area contributed by atoms with Crippen LogP contribution in [0.4, 0.5) is 0 Å². The van der Waals surface area contributed by atoms with Crippen molar-refractivity contribution in [3.8, 4) is 5.75 Å². The molecule has 0 heterocycles. The summed E-state index contributed by atoms with van der Waals surface area (Å²) in [6.07, 6.45) is 0. The first-order valence-electron chi connectivity index (χ1n) is 3.54. The third-order valence-corrected chi connectivity index (χ3v) is 1.54. The standard InChI is InChI=1S/C9H11BO/c1-7-3-8(6-10)5-9(4-7)11-2/h3-6,10H,1-2H3. The van der Waals surface area contributed by atoms with Crippen LogP contribution in [0.1, 0.15) is 11.1 Å². The number of ether oxygens (including phenoxy) is 1. The van der Waals surface area contributed by atoms with Crippen LogP contribution in [0.25, 0.3) is 0 Å². The van der Waals surface area contributed by atoms with Crippen molar-refractivity contribution in [2.45, 2.75) is 6.92 Å². The molecule has 1 aromatic carbocycles. The van der Waals surface area contributed by atoms with E-state index in [-0.39, 0.29) is 0 Å². The number of aryl methyl sites for hydroxylation is 1. The third kappa shape index (κ3) is 1.94. The van der Waals surface area contributed by atoms with Gasteiger partial charge < -0.3 is 0 Å². The van der Waals surface area contributed by atoms with Crippen LogP contribution in [0, 0.1) is 6.92 Å². The zero-order valence-corrected chi connectivity index (χ0v) is 6.92. The van der Waals surface area contributed by atoms with Crippen molar-refractivity contribution in [2.75, 3.05) is 7.11 Å². The van der Waals surface area contributed by atoms with Crippen LogP contribution in [-0.4, -0.2) is 20.6 Å². The molecule has 56 valence electrons. The van der Waals surface area contributed by atoms with Gasteiger partial charge in [0.05, 0.1) is 0 Å². The second-order valence-corrected chi connectivity index (χ2v) is 2.49. The van der Waals surface area contributed by atoms with Gasteiger partial charge in [0.15, 0.2) is 0 Å². The summed E-state index contributed by atoms with van der Waals surface area (Å²) in [5, 5.41) is 0. The van der Waals surface area contributed by atoms with Crippen LogP contribution in [0.2, 0.25) is 0 Å². The molecule has 0 saturated heterocycles. The van der Waals surface area contributed by atoms with Gasteiger partial charge in [-0.2, -0.15) is 0 Å². The fraction of sp³-hybridized carbons (Fsp3) is 0.222. The molecule has 11 heavy (non-hydrogen) atoms. The molecule has 0 spiro atoms. The second kappa shape index (κ2) is 3.38. The fourth-order valence-electron chi connectivity index (χ4n) is 1.01. The first-order valence-corrected chi connectivity index (χ1v) is 3.54. The van der Waals surface area contributed by atoms with E-state index in [1.165, 1.54) is 5.56 Å². The van der Waals surface area contributed by atoms with Crippen molar-refractivity contribution in [3.63, 3.8) is 0 Å². The van der Waals surface area contributed by atoms with E-state index in [1.54, 1.807) is 7.11 Å². The van der Waals surface area contributed by atoms with Crippen molar-refractivity contribution in [1.82, 2.24) is 0 Å². The van der Waals surface area contributed by atoms with E-state index >= 15 is 0 Å². The summed E-state index contributed by atoms with van der Waals surface area (Å²) >= 11 is 0. The van der Waals surface area contributed by atoms with Gasteiger partial charge in [-0.25, -0.2) is 0 Å². The topological polar surface area (TPSA) is 9.23 Å². The number of methoxy groups -OCH3 is 1. The average molecular weight is 146 g/mol. The molecule has 0 N–H and O–H groups in total. The molecule has 0 atom stereocenters. The predicted octanol–water partition coefficient (Wildman–Crippen LogP) is 1.05. The molecule has 0 fully saturated rings.